The maximum absolute atomic E-state index is 11.6. The van der Waals surface area contributed by atoms with Gasteiger partial charge in [0, 0.05) is 5.92 Å². The summed E-state index contributed by atoms with van der Waals surface area (Å²) in [6.07, 6.45) is 10.3. The average molecular weight is 222 g/mol. The first kappa shape index (κ1) is 13.2. The molecule has 0 aromatic carbocycles. The van der Waals surface area contributed by atoms with Crippen molar-refractivity contribution in [3.8, 4) is 0 Å². The summed E-state index contributed by atoms with van der Waals surface area (Å²) in [6, 6.07) is 0. The van der Waals surface area contributed by atoms with E-state index in [9.17, 15) is 9.90 Å². The van der Waals surface area contributed by atoms with Gasteiger partial charge >= 0.3 is 0 Å². The van der Waals surface area contributed by atoms with Crippen LogP contribution in [-0.2, 0) is 4.79 Å². The van der Waals surface area contributed by atoms with Crippen molar-refractivity contribution in [2.75, 3.05) is 0 Å². The lowest BCUT2D eigenvalue weighted by molar-refractivity contribution is -0.120. The van der Waals surface area contributed by atoms with E-state index in [1.165, 1.54) is 0 Å². The van der Waals surface area contributed by atoms with Crippen LogP contribution in [-0.4, -0.2) is 16.5 Å². The molecule has 16 heavy (non-hydrogen) atoms. The monoisotopic (exact) mass is 222 g/mol. The number of ketones is 1. The number of carbonyl (C=O) groups is 1. The van der Waals surface area contributed by atoms with Crippen molar-refractivity contribution in [1.29, 1.82) is 0 Å². The first-order valence-corrected chi connectivity index (χ1v) is 6.00. The Bertz CT molecular complexity index is 294. The summed E-state index contributed by atoms with van der Waals surface area (Å²) < 4.78 is 0. The molecule has 2 heteroatoms. The molecule has 0 heterocycles. The van der Waals surface area contributed by atoms with Gasteiger partial charge in [-0.2, -0.15) is 0 Å². The van der Waals surface area contributed by atoms with Crippen LogP contribution >= 0.6 is 0 Å². The van der Waals surface area contributed by atoms with Crippen LogP contribution < -0.4 is 0 Å². The Balaban J connectivity index is 2.46. The topological polar surface area (TPSA) is 37.3 Å². The molecule has 0 radical (unpaired) electrons. The first-order chi connectivity index (χ1) is 7.40. The summed E-state index contributed by atoms with van der Waals surface area (Å²) in [5, 5.41) is 9.53. The van der Waals surface area contributed by atoms with Crippen LogP contribution in [0.15, 0.2) is 24.3 Å². The molecule has 2 nitrogen and oxygen atoms in total. The SMILES string of the molecule is C[C@@H](C/C=C/C(C)(C)O)[C@@H]1CCC=CC1=O. The van der Waals surface area contributed by atoms with Gasteiger partial charge in [-0.15, -0.1) is 0 Å². The standard InChI is InChI=1S/C14H22O2/c1-11(7-6-10-14(2,3)16)12-8-4-5-9-13(12)15/h5-6,9-12,16H,4,7-8H2,1-3H3/b10-6+/t11-,12-/m0/s1. The molecule has 90 valence electrons. The van der Waals surface area contributed by atoms with E-state index < -0.39 is 5.60 Å². The molecule has 0 amide bonds. The van der Waals surface area contributed by atoms with Crippen LogP contribution in [0, 0.1) is 11.8 Å². The molecule has 0 unspecified atom stereocenters. The van der Waals surface area contributed by atoms with Gasteiger partial charge in [-0.25, -0.2) is 0 Å². The number of carbonyl (C=O) groups excluding carboxylic acids is 1. The predicted molar refractivity (Wildman–Crippen MR) is 66.1 cm³/mol. The van der Waals surface area contributed by atoms with Crippen LogP contribution in [0.2, 0.25) is 0 Å². The van der Waals surface area contributed by atoms with Gasteiger partial charge in [-0.05, 0) is 45.1 Å². The number of allylic oxidation sites excluding steroid dienone is 3. The first-order valence-electron chi connectivity index (χ1n) is 6.00. The van der Waals surface area contributed by atoms with Gasteiger partial charge in [-0.3, -0.25) is 4.79 Å². The number of rotatable bonds is 4. The Hall–Kier alpha value is -0.890. The van der Waals surface area contributed by atoms with Crippen LogP contribution in [0.1, 0.15) is 40.0 Å². The molecule has 0 saturated heterocycles. The van der Waals surface area contributed by atoms with E-state index in [2.05, 4.69) is 6.92 Å². The minimum atomic E-state index is -0.754. The summed E-state index contributed by atoms with van der Waals surface area (Å²) in [4.78, 5) is 11.6. The maximum atomic E-state index is 11.6. The minimum Gasteiger partial charge on any atom is -0.386 e. The molecule has 1 rings (SSSR count). The number of aliphatic hydroxyl groups is 1. The summed E-state index contributed by atoms with van der Waals surface area (Å²) in [5.41, 5.74) is -0.754. The van der Waals surface area contributed by atoms with Crippen molar-refractivity contribution in [3.05, 3.63) is 24.3 Å². The van der Waals surface area contributed by atoms with E-state index in [0.717, 1.165) is 19.3 Å². The second-order valence-corrected chi connectivity index (χ2v) is 5.26. The van der Waals surface area contributed by atoms with E-state index in [0.29, 0.717) is 5.92 Å². The Labute approximate surface area is 98.1 Å². The summed E-state index contributed by atoms with van der Waals surface area (Å²) >= 11 is 0. The summed E-state index contributed by atoms with van der Waals surface area (Å²) in [5.74, 6) is 0.780. The normalized spacial score (nSPS) is 24.0. The van der Waals surface area contributed by atoms with Crippen LogP contribution in [0.3, 0.4) is 0 Å². The fraction of sp³-hybridized carbons (Fsp3) is 0.643. The van der Waals surface area contributed by atoms with E-state index >= 15 is 0 Å². The lowest BCUT2D eigenvalue weighted by atomic mass is 9.81. The Morgan fingerprint density at radius 2 is 2.31 bits per heavy atom. The quantitative estimate of drug-likeness (QED) is 0.743. The van der Waals surface area contributed by atoms with Crippen molar-refractivity contribution in [1.82, 2.24) is 0 Å². The summed E-state index contributed by atoms with van der Waals surface area (Å²) in [7, 11) is 0. The predicted octanol–water partition coefficient (Wildman–Crippen LogP) is 2.88. The Morgan fingerprint density at radius 1 is 1.62 bits per heavy atom. The molecule has 0 aromatic heterocycles. The van der Waals surface area contributed by atoms with Crippen molar-refractivity contribution >= 4 is 5.78 Å². The van der Waals surface area contributed by atoms with Gasteiger partial charge in [0.25, 0.3) is 0 Å². The molecule has 0 aromatic rings. The molecule has 0 fully saturated rings. The van der Waals surface area contributed by atoms with Crippen molar-refractivity contribution in [2.24, 2.45) is 11.8 Å². The molecule has 2 atom stereocenters. The molecule has 0 spiro atoms. The molecular weight excluding hydrogens is 200 g/mol. The third kappa shape index (κ3) is 4.31. The average Bonchev–Trinajstić information content (AvgIpc) is 2.16. The zero-order valence-electron chi connectivity index (χ0n) is 10.4. The number of hydrogen-bond acceptors (Lipinski definition) is 2. The molecule has 1 aliphatic carbocycles. The highest BCUT2D eigenvalue weighted by molar-refractivity contribution is 5.92. The van der Waals surface area contributed by atoms with Gasteiger partial charge in [-0.1, -0.05) is 25.2 Å². The largest absolute Gasteiger partial charge is 0.386 e. The summed E-state index contributed by atoms with van der Waals surface area (Å²) in [6.45, 7) is 5.61. The molecule has 0 saturated carbocycles. The van der Waals surface area contributed by atoms with Gasteiger partial charge in [0.15, 0.2) is 5.78 Å². The van der Waals surface area contributed by atoms with Gasteiger partial charge in [0.05, 0.1) is 5.60 Å². The Morgan fingerprint density at radius 3 is 2.88 bits per heavy atom. The van der Waals surface area contributed by atoms with Crippen molar-refractivity contribution < 1.29 is 9.90 Å². The lowest BCUT2D eigenvalue weighted by Crippen LogP contribution is -2.22. The second kappa shape index (κ2) is 5.44. The fourth-order valence-corrected chi connectivity index (χ4v) is 2.04. The van der Waals surface area contributed by atoms with E-state index in [-0.39, 0.29) is 11.7 Å². The number of hydrogen-bond donors (Lipinski definition) is 1. The molecule has 1 N–H and O–H groups in total. The van der Waals surface area contributed by atoms with Crippen LogP contribution in [0.4, 0.5) is 0 Å². The van der Waals surface area contributed by atoms with Crippen LogP contribution in [0.5, 0.6) is 0 Å². The lowest BCUT2D eigenvalue weighted by Gasteiger charge is -2.22. The third-order valence-electron chi connectivity index (χ3n) is 3.01. The van der Waals surface area contributed by atoms with Gasteiger partial charge < -0.3 is 5.11 Å². The van der Waals surface area contributed by atoms with Gasteiger partial charge in [0.1, 0.15) is 0 Å². The molecule has 0 aliphatic heterocycles. The zero-order valence-corrected chi connectivity index (χ0v) is 10.4. The maximum Gasteiger partial charge on any atom is 0.158 e. The molecule has 1 aliphatic rings. The van der Waals surface area contributed by atoms with Crippen molar-refractivity contribution in [2.45, 2.75) is 45.6 Å². The highest BCUT2D eigenvalue weighted by Crippen LogP contribution is 2.26. The van der Waals surface area contributed by atoms with Crippen LogP contribution in [0.25, 0.3) is 0 Å². The molecule has 0 bridgehead atoms. The van der Waals surface area contributed by atoms with E-state index in [1.54, 1.807) is 26.0 Å². The third-order valence-corrected chi connectivity index (χ3v) is 3.01. The smallest absolute Gasteiger partial charge is 0.158 e. The Kier molecular flexibility index (Phi) is 4.48. The van der Waals surface area contributed by atoms with Crippen molar-refractivity contribution in [3.63, 3.8) is 0 Å². The molecular formula is C14H22O2. The second-order valence-electron chi connectivity index (χ2n) is 5.26. The van der Waals surface area contributed by atoms with E-state index in [4.69, 9.17) is 0 Å². The van der Waals surface area contributed by atoms with Gasteiger partial charge in [0.2, 0.25) is 0 Å². The fourth-order valence-electron chi connectivity index (χ4n) is 2.04. The zero-order chi connectivity index (χ0) is 12.2. The highest BCUT2D eigenvalue weighted by atomic mass is 16.3. The minimum absolute atomic E-state index is 0.163. The highest BCUT2D eigenvalue weighted by Gasteiger charge is 2.23. The van der Waals surface area contributed by atoms with E-state index in [1.807, 2.05) is 12.2 Å².